The Hall–Kier alpha value is -1.00. The summed E-state index contributed by atoms with van der Waals surface area (Å²) in [4.78, 5) is 0.107. The van der Waals surface area contributed by atoms with Crippen molar-refractivity contribution in [2.45, 2.75) is 16.7 Å². The maximum absolute atomic E-state index is 12.0. The second kappa shape index (κ2) is 6.64. The number of nitrogens with one attached hydrogen (secondary N) is 3. The molecule has 0 unspecified atom stereocenters. The zero-order chi connectivity index (χ0) is 15.4. The number of likely N-dealkylation sites (N-methyl/N-ethyl adjacent to an activating group) is 1. The maximum Gasteiger partial charge on any atom is 0.240 e. The number of rotatable bonds is 7. The molecule has 0 radical (unpaired) electrons. The van der Waals surface area contributed by atoms with Crippen molar-refractivity contribution < 1.29 is 16.8 Å². The molecule has 9 heteroatoms. The lowest BCUT2D eigenvalue weighted by molar-refractivity contribution is 0.577. The zero-order valence-corrected chi connectivity index (χ0v) is 13.2. The van der Waals surface area contributed by atoms with Crippen LogP contribution in [0, 0.1) is 6.92 Å². The molecule has 0 fully saturated rings. The Labute approximate surface area is 119 Å². The molecule has 0 aliphatic heterocycles. The van der Waals surface area contributed by atoms with Gasteiger partial charge in [0, 0.05) is 13.1 Å². The fourth-order valence-electron chi connectivity index (χ4n) is 1.59. The van der Waals surface area contributed by atoms with Gasteiger partial charge in [-0.2, -0.15) is 0 Å². The standard InChI is InChI=1S/C11H19N3O4S2/c1-9-8-10(19(15,16)14-7-6-12-2)4-5-11(9)20(17,18)13-3/h4-5,8,12-14H,6-7H2,1-3H3. The largest absolute Gasteiger partial charge is 0.318 e. The third-order valence-electron chi connectivity index (χ3n) is 2.68. The lowest BCUT2D eigenvalue weighted by Crippen LogP contribution is -2.30. The summed E-state index contributed by atoms with van der Waals surface area (Å²) >= 11 is 0. The minimum atomic E-state index is -3.63. The van der Waals surface area contributed by atoms with Crippen molar-refractivity contribution in [2.75, 3.05) is 27.2 Å². The van der Waals surface area contributed by atoms with Gasteiger partial charge in [0.2, 0.25) is 20.0 Å². The van der Waals surface area contributed by atoms with E-state index in [0.29, 0.717) is 12.1 Å². The molecule has 1 rings (SSSR count). The highest BCUT2D eigenvalue weighted by atomic mass is 32.2. The van der Waals surface area contributed by atoms with E-state index in [1.165, 1.54) is 25.2 Å². The van der Waals surface area contributed by atoms with Crippen LogP contribution in [-0.4, -0.2) is 44.0 Å². The highest BCUT2D eigenvalue weighted by Crippen LogP contribution is 2.19. The van der Waals surface area contributed by atoms with Crippen LogP contribution in [0.15, 0.2) is 28.0 Å². The first-order chi connectivity index (χ1) is 9.24. The molecule has 0 spiro atoms. The van der Waals surface area contributed by atoms with Crippen molar-refractivity contribution >= 4 is 20.0 Å². The molecule has 0 bridgehead atoms. The summed E-state index contributed by atoms with van der Waals surface area (Å²) < 4.78 is 52.0. The summed E-state index contributed by atoms with van der Waals surface area (Å²) in [6.45, 7) is 2.32. The van der Waals surface area contributed by atoms with Crippen LogP contribution in [0.5, 0.6) is 0 Å². The van der Waals surface area contributed by atoms with E-state index in [1.807, 2.05) is 0 Å². The van der Waals surface area contributed by atoms with Gasteiger partial charge in [-0.1, -0.05) is 0 Å². The normalized spacial score (nSPS) is 12.6. The second-order valence-corrected chi connectivity index (χ2v) is 7.76. The van der Waals surface area contributed by atoms with E-state index in [1.54, 1.807) is 14.0 Å². The van der Waals surface area contributed by atoms with E-state index in [0.717, 1.165) is 0 Å². The molecular weight excluding hydrogens is 302 g/mol. The summed E-state index contributed by atoms with van der Waals surface area (Å²) in [5, 5.41) is 2.83. The lowest BCUT2D eigenvalue weighted by atomic mass is 10.2. The quantitative estimate of drug-likeness (QED) is 0.582. The number of benzene rings is 1. The molecule has 7 nitrogen and oxygen atoms in total. The van der Waals surface area contributed by atoms with Crippen molar-refractivity contribution in [3.63, 3.8) is 0 Å². The first-order valence-corrected chi connectivity index (χ1v) is 8.89. The van der Waals surface area contributed by atoms with Crippen molar-refractivity contribution in [2.24, 2.45) is 0 Å². The van der Waals surface area contributed by atoms with Gasteiger partial charge in [-0.3, -0.25) is 0 Å². The number of hydrogen-bond donors (Lipinski definition) is 3. The molecular formula is C11H19N3O4S2. The van der Waals surface area contributed by atoms with Gasteiger partial charge in [0.25, 0.3) is 0 Å². The Morgan fingerprint density at radius 2 is 1.65 bits per heavy atom. The minimum Gasteiger partial charge on any atom is -0.318 e. The summed E-state index contributed by atoms with van der Waals surface area (Å²) in [7, 11) is -4.19. The van der Waals surface area contributed by atoms with E-state index in [4.69, 9.17) is 0 Å². The van der Waals surface area contributed by atoms with Gasteiger partial charge in [0.1, 0.15) is 0 Å². The van der Waals surface area contributed by atoms with E-state index in [-0.39, 0.29) is 16.3 Å². The number of hydrogen-bond acceptors (Lipinski definition) is 5. The van der Waals surface area contributed by atoms with Crippen molar-refractivity contribution in [3.8, 4) is 0 Å². The van der Waals surface area contributed by atoms with Crippen LogP contribution in [0.1, 0.15) is 5.56 Å². The molecule has 114 valence electrons. The van der Waals surface area contributed by atoms with E-state index >= 15 is 0 Å². The first kappa shape index (κ1) is 17.1. The zero-order valence-electron chi connectivity index (χ0n) is 11.6. The monoisotopic (exact) mass is 321 g/mol. The average molecular weight is 321 g/mol. The molecule has 0 aliphatic carbocycles. The lowest BCUT2D eigenvalue weighted by Gasteiger charge is -2.10. The van der Waals surface area contributed by atoms with Gasteiger partial charge >= 0.3 is 0 Å². The molecule has 0 saturated carbocycles. The SMILES string of the molecule is CNCCNS(=O)(=O)c1ccc(S(=O)(=O)NC)c(C)c1. The molecule has 0 saturated heterocycles. The van der Waals surface area contributed by atoms with Crippen molar-refractivity contribution in [1.82, 2.24) is 14.8 Å². The molecule has 0 aliphatic rings. The topological polar surface area (TPSA) is 104 Å². The summed E-state index contributed by atoms with van der Waals surface area (Å²) in [5.41, 5.74) is 0.371. The highest BCUT2D eigenvalue weighted by molar-refractivity contribution is 7.90. The van der Waals surface area contributed by atoms with Gasteiger partial charge < -0.3 is 5.32 Å². The Balaban J connectivity index is 3.10. The van der Waals surface area contributed by atoms with E-state index in [9.17, 15) is 16.8 Å². The minimum absolute atomic E-state index is 0.0427. The number of aryl methyl sites for hydroxylation is 1. The molecule has 3 N–H and O–H groups in total. The third-order valence-corrected chi connectivity index (χ3v) is 5.72. The van der Waals surface area contributed by atoms with Crippen LogP contribution in [0.3, 0.4) is 0 Å². The predicted molar refractivity (Wildman–Crippen MR) is 76.5 cm³/mol. The predicted octanol–water partition coefficient (Wildman–Crippen LogP) is -0.599. The van der Waals surface area contributed by atoms with Crippen LogP contribution < -0.4 is 14.8 Å². The number of sulfonamides is 2. The van der Waals surface area contributed by atoms with Gasteiger partial charge in [0.05, 0.1) is 9.79 Å². The summed E-state index contributed by atoms with van der Waals surface area (Å²) in [6, 6.07) is 3.90. The Kier molecular flexibility index (Phi) is 5.66. The fourth-order valence-corrected chi connectivity index (χ4v) is 3.66. The molecule has 0 aromatic heterocycles. The third kappa shape index (κ3) is 4.00. The van der Waals surface area contributed by atoms with Crippen molar-refractivity contribution in [1.29, 1.82) is 0 Å². The van der Waals surface area contributed by atoms with Crippen LogP contribution in [0.25, 0.3) is 0 Å². The molecule has 1 aromatic rings. The molecule has 0 heterocycles. The second-order valence-electron chi connectivity index (χ2n) is 4.14. The molecule has 0 amide bonds. The maximum atomic E-state index is 12.0. The van der Waals surface area contributed by atoms with E-state index in [2.05, 4.69) is 14.8 Å². The smallest absolute Gasteiger partial charge is 0.240 e. The molecule has 1 aromatic carbocycles. The van der Waals surface area contributed by atoms with Gasteiger partial charge in [0.15, 0.2) is 0 Å². The van der Waals surface area contributed by atoms with Gasteiger partial charge in [-0.25, -0.2) is 26.3 Å². The Morgan fingerprint density at radius 1 is 1.00 bits per heavy atom. The van der Waals surface area contributed by atoms with Crippen LogP contribution in [0.2, 0.25) is 0 Å². The van der Waals surface area contributed by atoms with Crippen molar-refractivity contribution in [3.05, 3.63) is 23.8 Å². The van der Waals surface area contributed by atoms with Crippen LogP contribution >= 0.6 is 0 Å². The van der Waals surface area contributed by atoms with Crippen LogP contribution in [-0.2, 0) is 20.0 Å². The van der Waals surface area contributed by atoms with Gasteiger partial charge in [-0.15, -0.1) is 0 Å². The van der Waals surface area contributed by atoms with E-state index < -0.39 is 20.0 Å². The molecule has 20 heavy (non-hydrogen) atoms. The van der Waals surface area contributed by atoms with Gasteiger partial charge in [-0.05, 0) is 44.8 Å². The Morgan fingerprint density at radius 3 is 2.15 bits per heavy atom. The highest BCUT2D eigenvalue weighted by Gasteiger charge is 2.19. The average Bonchev–Trinajstić information content (AvgIpc) is 2.38. The first-order valence-electron chi connectivity index (χ1n) is 5.93. The Bertz CT molecular complexity index is 669. The fraction of sp³-hybridized carbons (Fsp3) is 0.455. The summed E-state index contributed by atoms with van der Waals surface area (Å²) in [6.07, 6.45) is 0. The summed E-state index contributed by atoms with van der Waals surface area (Å²) in [5.74, 6) is 0. The molecule has 0 atom stereocenters. The van der Waals surface area contributed by atoms with Crippen LogP contribution in [0.4, 0.5) is 0 Å².